The molecule has 5 nitrogen and oxygen atoms in total. The zero-order valence-electron chi connectivity index (χ0n) is 11.9. The van der Waals surface area contributed by atoms with Crippen LogP contribution in [0, 0.1) is 0 Å². The summed E-state index contributed by atoms with van der Waals surface area (Å²) in [7, 11) is 0. The normalized spacial score (nSPS) is 10.3. The van der Waals surface area contributed by atoms with Crippen molar-refractivity contribution in [2.24, 2.45) is 0 Å². The van der Waals surface area contributed by atoms with Gasteiger partial charge in [0.05, 0.1) is 12.8 Å². The van der Waals surface area contributed by atoms with Gasteiger partial charge in [-0.3, -0.25) is 9.59 Å². The Labute approximate surface area is 123 Å². The summed E-state index contributed by atoms with van der Waals surface area (Å²) in [5.41, 5.74) is 1.32. The number of hydrogen-bond acceptors (Lipinski definition) is 4. The third-order valence-electron chi connectivity index (χ3n) is 2.98. The molecule has 0 aliphatic rings. The van der Waals surface area contributed by atoms with Gasteiger partial charge >= 0.3 is 0 Å². The van der Waals surface area contributed by atoms with Gasteiger partial charge in [0, 0.05) is 24.2 Å². The molecule has 1 heterocycles. The van der Waals surface area contributed by atoms with E-state index in [9.17, 15) is 9.59 Å². The summed E-state index contributed by atoms with van der Waals surface area (Å²) in [4.78, 5) is 22.9. The van der Waals surface area contributed by atoms with E-state index in [1.54, 1.807) is 30.5 Å². The summed E-state index contributed by atoms with van der Waals surface area (Å²) in [6, 6.07) is 10.6. The molecule has 0 bridgehead atoms. The number of nitrogens with one attached hydrogen (secondary N) is 2. The molecular weight excluding hydrogens is 268 g/mol. The summed E-state index contributed by atoms with van der Waals surface area (Å²) < 4.78 is 5.18. The molecule has 1 amide bonds. The van der Waals surface area contributed by atoms with Crippen LogP contribution in [0.5, 0.6) is 0 Å². The van der Waals surface area contributed by atoms with E-state index < -0.39 is 0 Å². The highest BCUT2D eigenvalue weighted by Gasteiger charge is 2.04. The smallest absolute Gasteiger partial charge is 0.225 e. The Morgan fingerprint density at radius 1 is 1.14 bits per heavy atom. The van der Waals surface area contributed by atoms with Gasteiger partial charge in [0.25, 0.3) is 0 Å². The van der Waals surface area contributed by atoms with Crippen molar-refractivity contribution in [1.29, 1.82) is 0 Å². The van der Waals surface area contributed by atoms with Gasteiger partial charge in [-0.2, -0.15) is 0 Å². The highest BCUT2D eigenvalue weighted by Crippen LogP contribution is 2.10. The lowest BCUT2D eigenvalue weighted by atomic mass is 10.1. The Morgan fingerprint density at radius 2 is 1.90 bits per heavy atom. The van der Waals surface area contributed by atoms with Crippen LogP contribution >= 0.6 is 0 Å². The average Bonchev–Trinajstić information content (AvgIpc) is 2.97. The molecule has 2 N–H and O–H groups in total. The average molecular weight is 286 g/mol. The van der Waals surface area contributed by atoms with E-state index in [4.69, 9.17) is 4.42 Å². The minimum absolute atomic E-state index is 0.00926. The molecule has 0 fully saturated rings. The Morgan fingerprint density at radius 3 is 2.52 bits per heavy atom. The lowest BCUT2D eigenvalue weighted by Crippen LogP contribution is -2.21. The standard InChI is InChI=1S/C16H18N2O3/c1-12(19)13-4-6-14(7-5-13)18-16(20)8-9-17-11-15-3-2-10-21-15/h2-7,10,17H,8-9,11H2,1H3,(H,18,20). The Balaban J connectivity index is 1.70. The van der Waals surface area contributed by atoms with Gasteiger partial charge in [0.15, 0.2) is 5.78 Å². The van der Waals surface area contributed by atoms with Crippen molar-refractivity contribution in [3.63, 3.8) is 0 Å². The maximum Gasteiger partial charge on any atom is 0.225 e. The SMILES string of the molecule is CC(=O)c1ccc(NC(=O)CCNCc2ccco2)cc1. The summed E-state index contributed by atoms with van der Waals surface area (Å²) in [5.74, 6) is 0.780. The van der Waals surface area contributed by atoms with E-state index in [0.717, 1.165) is 5.76 Å². The first kappa shape index (κ1) is 15.0. The molecule has 0 spiro atoms. The lowest BCUT2D eigenvalue weighted by Gasteiger charge is -2.06. The minimum Gasteiger partial charge on any atom is -0.468 e. The maximum atomic E-state index is 11.8. The number of Topliss-reactive ketones (excluding diaryl/α,β-unsaturated/α-hetero) is 1. The Kier molecular flexibility index (Phi) is 5.29. The van der Waals surface area contributed by atoms with E-state index in [-0.39, 0.29) is 11.7 Å². The Hall–Kier alpha value is -2.40. The number of rotatable bonds is 7. The molecule has 0 aliphatic heterocycles. The number of carbonyl (C=O) groups is 2. The summed E-state index contributed by atoms with van der Waals surface area (Å²) in [6.07, 6.45) is 1.99. The molecule has 0 saturated carbocycles. The summed E-state index contributed by atoms with van der Waals surface area (Å²) in [5, 5.41) is 5.92. The third kappa shape index (κ3) is 4.89. The lowest BCUT2D eigenvalue weighted by molar-refractivity contribution is -0.116. The number of benzene rings is 1. The van der Waals surface area contributed by atoms with Gasteiger partial charge in [-0.15, -0.1) is 0 Å². The number of ketones is 1. The van der Waals surface area contributed by atoms with Gasteiger partial charge in [-0.05, 0) is 43.3 Å². The fraction of sp³-hybridized carbons (Fsp3) is 0.250. The summed E-state index contributed by atoms with van der Waals surface area (Å²) in [6.45, 7) is 2.68. The van der Waals surface area contributed by atoms with Gasteiger partial charge in [-0.25, -0.2) is 0 Å². The van der Waals surface area contributed by atoms with E-state index in [1.807, 2.05) is 12.1 Å². The van der Waals surface area contributed by atoms with E-state index >= 15 is 0 Å². The first-order chi connectivity index (χ1) is 10.1. The molecule has 5 heteroatoms. The molecule has 1 aromatic carbocycles. The van der Waals surface area contributed by atoms with Crippen LogP contribution in [-0.4, -0.2) is 18.2 Å². The molecular formula is C16H18N2O3. The van der Waals surface area contributed by atoms with Crippen molar-refractivity contribution in [3.8, 4) is 0 Å². The number of hydrogen-bond donors (Lipinski definition) is 2. The van der Waals surface area contributed by atoms with Crippen molar-refractivity contribution in [1.82, 2.24) is 5.32 Å². The zero-order valence-corrected chi connectivity index (χ0v) is 11.9. The van der Waals surface area contributed by atoms with Crippen LogP contribution in [0.4, 0.5) is 5.69 Å². The summed E-state index contributed by atoms with van der Waals surface area (Å²) >= 11 is 0. The minimum atomic E-state index is -0.0717. The zero-order chi connectivity index (χ0) is 15.1. The largest absolute Gasteiger partial charge is 0.468 e. The van der Waals surface area contributed by atoms with Crippen molar-refractivity contribution in [3.05, 3.63) is 54.0 Å². The van der Waals surface area contributed by atoms with Crippen molar-refractivity contribution in [2.75, 3.05) is 11.9 Å². The molecule has 0 unspecified atom stereocenters. The molecule has 0 saturated heterocycles. The van der Waals surface area contributed by atoms with Crippen molar-refractivity contribution >= 4 is 17.4 Å². The molecule has 2 rings (SSSR count). The van der Waals surface area contributed by atoms with Crippen LogP contribution in [-0.2, 0) is 11.3 Å². The van der Waals surface area contributed by atoms with E-state index in [1.165, 1.54) is 6.92 Å². The van der Waals surface area contributed by atoms with Gasteiger partial charge in [0.1, 0.15) is 5.76 Å². The topological polar surface area (TPSA) is 71.3 Å². The highest BCUT2D eigenvalue weighted by molar-refractivity contribution is 5.95. The van der Waals surface area contributed by atoms with Crippen molar-refractivity contribution < 1.29 is 14.0 Å². The van der Waals surface area contributed by atoms with E-state index in [0.29, 0.717) is 30.8 Å². The van der Waals surface area contributed by atoms with Crippen LogP contribution in [0.25, 0.3) is 0 Å². The van der Waals surface area contributed by atoms with Crippen LogP contribution in [0.1, 0.15) is 29.5 Å². The van der Waals surface area contributed by atoms with Crippen LogP contribution in [0.15, 0.2) is 47.1 Å². The van der Waals surface area contributed by atoms with E-state index in [2.05, 4.69) is 10.6 Å². The fourth-order valence-electron chi connectivity index (χ4n) is 1.84. The highest BCUT2D eigenvalue weighted by atomic mass is 16.3. The molecule has 1 aromatic heterocycles. The Bertz CT molecular complexity index is 588. The molecule has 0 aliphatic carbocycles. The predicted octanol–water partition coefficient (Wildman–Crippen LogP) is 2.60. The fourth-order valence-corrected chi connectivity index (χ4v) is 1.84. The van der Waals surface area contributed by atoms with Gasteiger partial charge in [0.2, 0.25) is 5.91 Å². The van der Waals surface area contributed by atoms with Crippen molar-refractivity contribution in [2.45, 2.75) is 19.9 Å². The maximum absolute atomic E-state index is 11.8. The molecule has 2 aromatic rings. The second-order valence-electron chi connectivity index (χ2n) is 4.69. The quantitative estimate of drug-likeness (QED) is 0.606. The molecule has 0 radical (unpaired) electrons. The van der Waals surface area contributed by atoms with Crippen LogP contribution in [0.3, 0.4) is 0 Å². The third-order valence-corrected chi connectivity index (χ3v) is 2.98. The van der Waals surface area contributed by atoms with Crippen LogP contribution in [0.2, 0.25) is 0 Å². The first-order valence-electron chi connectivity index (χ1n) is 6.79. The van der Waals surface area contributed by atoms with Gasteiger partial charge < -0.3 is 15.1 Å². The number of anilines is 1. The second-order valence-corrected chi connectivity index (χ2v) is 4.69. The monoisotopic (exact) mass is 286 g/mol. The number of furan rings is 1. The van der Waals surface area contributed by atoms with Gasteiger partial charge in [-0.1, -0.05) is 0 Å². The van der Waals surface area contributed by atoms with Crippen LogP contribution < -0.4 is 10.6 Å². The molecule has 110 valence electrons. The number of amides is 1. The molecule has 0 atom stereocenters. The first-order valence-corrected chi connectivity index (χ1v) is 6.79. The predicted molar refractivity (Wildman–Crippen MR) is 80.1 cm³/mol. The number of carbonyl (C=O) groups excluding carboxylic acids is 2. The second kappa shape index (κ2) is 7.40. The molecule has 21 heavy (non-hydrogen) atoms.